The van der Waals surface area contributed by atoms with Crippen LogP contribution >= 0.6 is 0 Å². The first-order valence-corrected chi connectivity index (χ1v) is 6.18. The van der Waals surface area contributed by atoms with Gasteiger partial charge in [0.2, 0.25) is 0 Å². The predicted molar refractivity (Wildman–Crippen MR) is 63.8 cm³/mol. The Balaban J connectivity index is 2.08. The molecule has 1 aliphatic heterocycles. The van der Waals surface area contributed by atoms with Crippen LogP contribution in [0.3, 0.4) is 0 Å². The fourth-order valence-corrected chi connectivity index (χ4v) is 1.92. The molecule has 1 saturated heterocycles. The highest BCUT2D eigenvalue weighted by Gasteiger charge is 2.21. The molecule has 0 amide bonds. The summed E-state index contributed by atoms with van der Waals surface area (Å²) in [5.74, 6) is 1.28. The Kier molecular flexibility index (Phi) is 5.58. The zero-order chi connectivity index (χ0) is 11.3. The topological polar surface area (TPSA) is 47.3 Å². The van der Waals surface area contributed by atoms with E-state index >= 15 is 0 Å². The maximum Gasteiger partial charge on any atom is 0.0509 e. The van der Waals surface area contributed by atoms with E-state index in [1.807, 2.05) is 0 Å². The van der Waals surface area contributed by atoms with Crippen molar-refractivity contribution in [3.05, 3.63) is 0 Å². The zero-order valence-corrected chi connectivity index (χ0v) is 10.3. The zero-order valence-electron chi connectivity index (χ0n) is 10.3. The highest BCUT2D eigenvalue weighted by Crippen LogP contribution is 2.16. The molecule has 0 saturated carbocycles. The standard InChI is InChI=1S/C12H26N2O/c1-9(2)12(13)4-6-14-10(3)11-5-7-15-8-11/h9-12,14H,4-8,13H2,1-3H3. The molecule has 0 radical (unpaired) electrons. The van der Waals surface area contributed by atoms with Crippen LogP contribution in [0.4, 0.5) is 0 Å². The van der Waals surface area contributed by atoms with Gasteiger partial charge in [0.15, 0.2) is 0 Å². The molecule has 0 aliphatic carbocycles. The third-order valence-corrected chi connectivity index (χ3v) is 3.47. The SMILES string of the molecule is CC(C)C(N)CCNC(C)C1CCOC1. The fraction of sp³-hybridized carbons (Fsp3) is 1.00. The van der Waals surface area contributed by atoms with Crippen LogP contribution in [-0.2, 0) is 4.74 Å². The average Bonchev–Trinajstić information content (AvgIpc) is 2.70. The second-order valence-electron chi connectivity index (χ2n) is 5.06. The highest BCUT2D eigenvalue weighted by molar-refractivity contribution is 4.76. The molecule has 3 atom stereocenters. The summed E-state index contributed by atoms with van der Waals surface area (Å²) >= 11 is 0. The van der Waals surface area contributed by atoms with Gasteiger partial charge in [-0.3, -0.25) is 0 Å². The highest BCUT2D eigenvalue weighted by atomic mass is 16.5. The number of rotatable bonds is 6. The first kappa shape index (κ1) is 12.9. The molecule has 90 valence electrons. The van der Waals surface area contributed by atoms with Crippen LogP contribution in [0.1, 0.15) is 33.6 Å². The van der Waals surface area contributed by atoms with Gasteiger partial charge in [-0.1, -0.05) is 13.8 Å². The number of nitrogens with one attached hydrogen (secondary N) is 1. The summed E-state index contributed by atoms with van der Waals surface area (Å²) in [6.45, 7) is 9.49. The molecule has 1 rings (SSSR count). The Labute approximate surface area is 93.8 Å². The van der Waals surface area contributed by atoms with Crippen LogP contribution < -0.4 is 11.1 Å². The lowest BCUT2D eigenvalue weighted by atomic mass is 9.99. The number of ether oxygens (including phenoxy) is 1. The average molecular weight is 214 g/mol. The van der Waals surface area contributed by atoms with Crippen LogP contribution in [0, 0.1) is 11.8 Å². The summed E-state index contributed by atoms with van der Waals surface area (Å²) in [7, 11) is 0. The van der Waals surface area contributed by atoms with Gasteiger partial charge >= 0.3 is 0 Å². The number of hydrogen-bond donors (Lipinski definition) is 2. The van der Waals surface area contributed by atoms with Crippen LogP contribution in [0.15, 0.2) is 0 Å². The van der Waals surface area contributed by atoms with Gasteiger partial charge in [-0.2, -0.15) is 0 Å². The second kappa shape index (κ2) is 6.46. The number of nitrogens with two attached hydrogens (primary N) is 1. The van der Waals surface area contributed by atoms with Crippen molar-refractivity contribution in [1.29, 1.82) is 0 Å². The van der Waals surface area contributed by atoms with E-state index in [-0.39, 0.29) is 0 Å². The lowest BCUT2D eigenvalue weighted by Crippen LogP contribution is -2.38. The fourth-order valence-electron chi connectivity index (χ4n) is 1.92. The van der Waals surface area contributed by atoms with Crippen molar-refractivity contribution in [3.63, 3.8) is 0 Å². The van der Waals surface area contributed by atoms with E-state index in [4.69, 9.17) is 10.5 Å². The molecule has 0 spiro atoms. The second-order valence-corrected chi connectivity index (χ2v) is 5.06. The summed E-state index contributed by atoms with van der Waals surface area (Å²) in [6, 6.07) is 0.886. The molecule has 0 aromatic carbocycles. The summed E-state index contributed by atoms with van der Waals surface area (Å²) in [5.41, 5.74) is 5.99. The van der Waals surface area contributed by atoms with Gasteiger partial charge in [-0.05, 0) is 38.1 Å². The normalized spacial score (nSPS) is 25.8. The molecule has 3 nitrogen and oxygen atoms in total. The van der Waals surface area contributed by atoms with Crippen LogP contribution in [0.5, 0.6) is 0 Å². The lowest BCUT2D eigenvalue weighted by molar-refractivity contribution is 0.178. The van der Waals surface area contributed by atoms with E-state index in [9.17, 15) is 0 Å². The van der Waals surface area contributed by atoms with Crippen molar-refractivity contribution in [2.45, 2.75) is 45.7 Å². The van der Waals surface area contributed by atoms with E-state index in [1.165, 1.54) is 6.42 Å². The molecule has 1 fully saturated rings. The maximum absolute atomic E-state index is 5.99. The predicted octanol–water partition coefficient (Wildman–Crippen LogP) is 1.37. The van der Waals surface area contributed by atoms with Crippen LogP contribution in [-0.4, -0.2) is 31.8 Å². The Morgan fingerprint density at radius 3 is 2.67 bits per heavy atom. The first-order valence-electron chi connectivity index (χ1n) is 6.18. The van der Waals surface area contributed by atoms with Crippen molar-refractivity contribution in [2.24, 2.45) is 17.6 Å². The summed E-state index contributed by atoms with van der Waals surface area (Å²) < 4.78 is 5.38. The maximum atomic E-state index is 5.99. The molecule has 1 heterocycles. The van der Waals surface area contributed by atoms with Gasteiger partial charge in [-0.15, -0.1) is 0 Å². The molecule has 0 bridgehead atoms. The molecule has 1 aliphatic rings. The largest absolute Gasteiger partial charge is 0.381 e. The van der Waals surface area contributed by atoms with Gasteiger partial charge in [0.1, 0.15) is 0 Å². The molecule has 3 heteroatoms. The van der Waals surface area contributed by atoms with Crippen molar-refractivity contribution in [3.8, 4) is 0 Å². The van der Waals surface area contributed by atoms with Crippen molar-refractivity contribution < 1.29 is 4.74 Å². The van der Waals surface area contributed by atoms with E-state index in [0.29, 0.717) is 23.9 Å². The van der Waals surface area contributed by atoms with Crippen molar-refractivity contribution in [2.75, 3.05) is 19.8 Å². The van der Waals surface area contributed by atoms with Crippen molar-refractivity contribution in [1.82, 2.24) is 5.32 Å². The molecular formula is C12H26N2O. The molecule has 0 aromatic rings. The van der Waals surface area contributed by atoms with Crippen molar-refractivity contribution >= 4 is 0 Å². The minimum absolute atomic E-state index is 0.324. The Bertz CT molecular complexity index is 167. The smallest absolute Gasteiger partial charge is 0.0509 e. The van der Waals surface area contributed by atoms with Gasteiger partial charge in [0, 0.05) is 18.7 Å². The van der Waals surface area contributed by atoms with E-state index in [0.717, 1.165) is 26.2 Å². The lowest BCUT2D eigenvalue weighted by Gasteiger charge is -2.21. The van der Waals surface area contributed by atoms with E-state index < -0.39 is 0 Å². The Hall–Kier alpha value is -0.120. The quantitative estimate of drug-likeness (QED) is 0.702. The third kappa shape index (κ3) is 4.49. The Morgan fingerprint density at radius 2 is 2.13 bits per heavy atom. The first-order chi connectivity index (χ1) is 7.11. The molecule has 0 aromatic heterocycles. The van der Waals surface area contributed by atoms with Crippen LogP contribution in [0.2, 0.25) is 0 Å². The number of hydrogen-bond acceptors (Lipinski definition) is 3. The van der Waals surface area contributed by atoms with Gasteiger partial charge < -0.3 is 15.8 Å². The summed E-state index contributed by atoms with van der Waals surface area (Å²) in [6.07, 6.45) is 2.26. The third-order valence-electron chi connectivity index (χ3n) is 3.47. The van der Waals surface area contributed by atoms with Gasteiger partial charge in [0.25, 0.3) is 0 Å². The molecule has 15 heavy (non-hydrogen) atoms. The summed E-state index contributed by atoms with van der Waals surface area (Å²) in [4.78, 5) is 0. The van der Waals surface area contributed by atoms with E-state index in [2.05, 4.69) is 26.1 Å². The minimum atomic E-state index is 0.324. The minimum Gasteiger partial charge on any atom is -0.381 e. The monoisotopic (exact) mass is 214 g/mol. The molecule has 3 unspecified atom stereocenters. The van der Waals surface area contributed by atoms with Crippen LogP contribution in [0.25, 0.3) is 0 Å². The van der Waals surface area contributed by atoms with Gasteiger partial charge in [0.05, 0.1) is 6.61 Å². The van der Waals surface area contributed by atoms with Gasteiger partial charge in [-0.25, -0.2) is 0 Å². The van der Waals surface area contributed by atoms with E-state index in [1.54, 1.807) is 0 Å². The summed E-state index contributed by atoms with van der Waals surface area (Å²) in [5, 5.41) is 3.55. The molecular weight excluding hydrogens is 188 g/mol. The Morgan fingerprint density at radius 1 is 1.40 bits per heavy atom. The molecule has 3 N–H and O–H groups in total.